The van der Waals surface area contributed by atoms with Crippen LogP contribution >= 0.6 is 11.6 Å². The second-order valence-corrected chi connectivity index (χ2v) is 4.28. The van der Waals surface area contributed by atoms with Gasteiger partial charge in [0.2, 0.25) is 0 Å². The number of ether oxygens (including phenoxy) is 2. The maximum atomic E-state index is 11.6. The van der Waals surface area contributed by atoms with Gasteiger partial charge in [0.1, 0.15) is 0 Å². The minimum atomic E-state index is -0.565. The molecule has 0 aliphatic carbocycles. The molecule has 0 aliphatic rings. The first-order valence-corrected chi connectivity index (χ1v) is 5.98. The molecule has 19 heavy (non-hydrogen) atoms. The number of halogens is 1. The molecule has 0 radical (unpaired) electrons. The predicted octanol–water partition coefficient (Wildman–Crippen LogP) is 2.77. The summed E-state index contributed by atoms with van der Waals surface area (Å²) < 4.78 is 9.21. The van der Waals surface area contributed by atoms with E-state index < -0.39 is 11.9 Å². The molecule has 0 heterocycles. The molecule has 4 nitrogen and oxygen atoms in total. The lowest BCUT2D eigenvalue weighted by Gasteiger charge is -2.07. The van der Waals surface area contributed by atoms with Crippen molar-refractivity contribution in [3.05, 3.63) is 39.9 Å². The molecule has 0 fully saturated rings. The van der Waals surface area contributed by atoms with Crippen LogP contribution in [0, 0.1) is 6.92 Å². The van der Waals surface area contributed by atoms with Gasteiger partial charge in [0.05, 0.1) is 20.6 Å². The van der Waals surface area contributed by atoms with Crippen molar-refractivity contribution in [3.8, 4) is 0 Å². The molecule has 0 amide bonds. The molecule has 0 aliphatic heterocycles. The number of benzene rings is 1. The zero-order valence-electron chi connectivity index (χ0n) is 11.0. The maximum absolute atomic E-state index is 11.6. The predicted molar refractivity (Wildman–Crippen MR) is 72.8 cm³/mol. The lowest BCUT2D eigenvalue weighted by molar-refractivity contribution is -0.143. The maximum Gasteiger partial charge on any atom is 0.334 e. The first-order chi connectivity index (χ1) is 8.99. The van der Waals surface area contributed by atoms with Crippen molar-refractivity contribution in [2.24, 2.45) is 0 Å². The van der Waals surface area contributed by atoms with Crippen LogP contribution in [0.3, 0.4) is 0 Å². The van der Waals surface area contributed by atoms with Crippen molar-refractivity contribution in [2.45, 2.75) is 13.3 Å². The minimum Gasteiger partial charge on any atom is -0.469 e. The van der Waals surface area contributed by atoms with Gasteiger partial charge in [-0.1, -0.05) is 23.7 Å². The van der Waals surface area contributed by atoms with Crippen LogP contribution in [0.15, 0.2) is 23.8 Å². The molecule has 1 aromatic carbocycles. The summed E-state index contributed by atoms with van der Waals surface area (Å²) in [6.45, 7) is 1.83. The Kier molecular flexibility index (Phi) is 5.57. The second kappa shape index (κ2) is 6.95. The van der Waals surface area contributed by atoms with Crippen LogP contribution in [0.4, 0.5) is 0 Å². The summed E-state index contributed by atoms with van der Waals surface area (Å²) in [4.78, 5) is 22.9. The van der Waals surface area contributed by atoms with Gasteiger partial charge in [-0.05, 0) is 30.2 Å². The molecule has 1 rings (SSSR count). The Morgan fingerprint density at radius 2 is 1.95 bits per heavy atom. The largest absolute Gasteiger partial charge is 0.469 e. The fourth-order valence-electron chi connectivity index (χ4n) is 1.51. The van der Waals surface area contributed by atoms with E-state index in [4.69, 9.17) is 11.6 Å². The number of hydrogen-bond acceptors (Lipinski definition) is 4. The smallest absolute Gasteiger partial charge is 0.334 e. The van der Waals surface area contributed by atoms with Crippen molar-refractivity contribution >= 4 is 29.6 Å². The number of carbonyl (C=O) groups is 2. The molecule has 0 saturated heterocycles. The van der Waals surface area contributed by atoms with Crippen molar-refractivity contribution in [1.29, 1.82) is 0 Å². The molecule has 0 saturated carbocycles. The highest BCUT2D eigenvalue weighted by Gasteiger charge is 2.15. The summed E-state index contributed by atoms with van der Waals surface area (Å²) in [5, 5.41) is 0.594. The zero-order chi connectivity index (χ0) is 14.4. The van der Waals surface area contributed by atoms with E-state index in [0.717, 1.165) is 11.1 Å². The quantitative estimate of drug-likeness (QED) is 0.629. The van der Waals surface area contributed by atoms with E-state index >= 15 is 0 Å². The highest BCUT2D eigenvalue weighted by atomic mass is 35.5. The van der Waals surface area contributed by atoms with Crippen LogP contribution in [0.2, 0.25) is 5.02 Å². The molecule has 0 N–H and O–H groups in total. The average Bonchev–Trinajstić information content (AvgIpc) is 2.41. The van der Waals surface area contributed by atoms with E-state index in [0.29, 0.717) is 5.02 Å². The van der Waals surface area contributed by atoms with Crippen LogP contribution in [-0.4, -0.2) is 26.2 Å². The molecular formula is C14H15ClO4. The van der Waals surface area contributed by atoms with E-state index in [2.05, 4.69) is 9.47 Å². The zero-order valence-corrected chi connectivity index (χ0v) is 11.8. The first kappa shape index (κ1) is 15.2. The summed E-state index contributed by atoms with van der Waals surface area (Å²) in [7, 11) is 2.53. The summed E-state index contributed by atoms with van der Waals surface area (Å²) >= 11 is 6.01. The lowest BCUT2D eigenvalue weighted by Crippen LogP contribution is -2.11. The topological polar surface area (TPSA) is 52.6 Å². The Morgan fingerprint density at radius 3 is 2.53 bits per heavy atom. The van der Waals surface area contributed by atoms with Gasteiger partial charge in [-0.2, -0.15) is 0 Å². The molecule has 0 aromatic heterocycles. The van der Waals surface area contributed by atoms with E-state index in [1.165, 1.54) is 14.2 Å². The molecule has 0 spiro atoms. The van der Waals surface area contributed by atoms with Crippen molar-refractivity contribution < 1.29 is 19.1 Å². The third-order valence-corrected chi connectivity index (χ3v) is 3.06. The second-order valence-electron chi connectivity index (χ2n) is 3.87. The SMILES string of the molecule is COC(=O)C/C(=C\c1cccc(Cl)c1C)C(=O)OC. The molecule has 0 bridgehead atoms. The Morgan fingerprint density at radius 1 is 1.26 bits per heavy atom. The highest BCUT2D eigenvalue weighted by Crippen LogP contribution is 2.22. The molecule has 0 unspecified atom stereocenters. The summed E-state index contributed by atoms with van der Waals surface area (Å²) in [5.41, 5.74) is 1.81. The van der Waals surface area contributed by atoms with Crippen LogP contribution in [0.5, 0.6) is 0 Å². The highest BCUT2D eigenvalue weighted by molar-refractivity contribution is 6.31. The molecule has 1 aromatic rings. The molecular weight excluding hydrogens is 268 g/mol. The lowest BCUT2D eigenvalue weighted by atomic mass is 10.0. The Labute approximate surface area is 117 Å². The van der Waals surface area contributed by atoms with Gasteiger partial charge in [0, 0.05) is 10.6 Å². The Balaban J connectivity index is 3.16. The number of hydrogen-bond donors (Lipinski definition) is 0. The first-order valence-electron chi connectivity index (χ1n) is 5.60. The van der Waals surface area contributed by atoms with Gasteiger partial charge < -0.3 is 9.47 Å². The molecule has 0 atom stereocenters. The molecule has 5 heteroatoms. The van der Waals surface area contributed by atoms with E-state index in [-0.39, 0.29) is 12.0 Å². The minimum absolute atomic E-state index is 0.144. The van der Waals surface area contributed by atoms with E-state index in [1.54, 1.807) is 24.3 Å². The van der Waals surface area contributed by atoms with Crippen LogP contribution < -0.4 is 0 Å². The van der Waals surface area contributed by atoms with Crippen molar-refractivity contribution in [1.82, 2.24) is 0 Å². The fourth-order valence-corrected chi connectivity index (χ4v) is 1.69. The third kappa shape index (κ3) is 4.10. The van der Waals surface area contributed by atoms with Gasteiger partial charge in [-0.15, -0.1) is 0 Å². The van der Waals surface area contributed by atoms with Crippen LogP contribution in [0.25, 0.3) is 6.08 Å². The number of rotatable bonds is 4. The third-order valence-electron chi connectivity index (χ3n) is 2.65. The monoisotopic (exact) mass is 282 g/mol. The van der Waals surface area contributed by atoms with Gasteiger partial charge in [-0.3, -0.25) is 4.79 Å². The average molecular weight is 283 g/mol. The summed E-state index contributed by atoms with van der Waals surface area (Å²) in [6.07, 6.45) is 1.44. The number of esters is 2. The summed E-state index contributed by atoms with van der Waals surface area (Å²) in [6, 6.07) is 5.34. The normalized spacial score (nSPS) is 11.1. The van der Waals surface area contributed by atoms with E-state index in [9.17, 15) is 9.59 Å². The number of methoxy groups -OCH3 is 2. The van der Waals surface area contributed by atoms with Crippen LogP contribution in [0.1, 0.15) is 17.5 Å². The van der Waals surface area contributed by atoms with Crippen molar-refractivity contribution in [2.75, 3.05) is 14.2 Å². The van der Waals surface area contributed by atoms with Gasteiger partial charge >= 0.3 is 11.9 Å². The van der Waals surface area contributed by atoms with Gasteiger partial charge in [-0.25, -0.2) is 4.79 Å². The van der Waals surface area contributed by atoms with Crippen LogP contribution in [-0.2, 0) is 19.1 Å². The fraction of sp³-hybridized carbons (Fsp3) is 0.286. The van der Waals surface area contributed by atoms with Crippen molar-refractivity contribution in [3.63, 3.8) is 0 Å². The molecule has 102 valence electrons. The Hall–Kier alpha value is -1.81. The van der Waals surface area contributed by atoms with Gasteiger partial charge in [0.25, 0.3) is 0 Å². The Bertz CT molecular complexity index is 520. The van der Waals surface area contributed by atoms with E-state index in [1.807, 2.05) is 6.92 Å². The summed E-state index contributed by atoms with van der Waals surface area (Å²) in [5.74, 6) is -1.07. The number of carbonyl (C=O) groups excluding carboxylic acids is 2. The van der Waals surface area contributed by atoms with Gasteiger partial charge in [0.15, 0.2) is 0 Å². The standard InChI is InChI=1S/C14H15ClO4/c1-9-10(5-4-6-12(9)15)7-11(14(17)19-3)8-13(16)18-2/h4-7H,8H2,1-3H3/b11-7+.